The van der Waals surface area contributed by atoms with Crippen molar-refractivity contribution in [2.75, 3.05) is 6.61 Å². The van der Waals surface area contributed by atoms with Crippen LogP contribution in [0.5, 0.6) is 5.75 Å². The van der Waals surface area contributed by atoms with E-state index in [0.717, 1.165) is 29.9 Å². The molecule has 1 N–H and O–H groups in total. The van der Waals surface area contributed by atoms with Gasteiger partial charge in [0.05, 0.1) is 6.61 Å². The second-order valence-corrected chi connectivity index (χ2v) is 7.92. The van der Waals surface area contributed by atoms with Gasteiger partial charge in [0.15, 0.2) is 0 Å². The Labute approximate surface area is 159 Å². The zero-order valence-corrected chi connectivity index (χ0v) is 16.8. The molecule has 1 atom stereocenters. The summed E-state index contributed by atoms with van der Waals surface area (Å²) in [5, 5.41) is 0. The van der Waals surface area contributed by atoms with Crippen molar-refractivity contribution in [3.8, 4) is 16.9 Å². The lowest BCUT2D eigenvalue weighted by molar-refractivity contribution is 0.253. The predicted molar refractivity (Wildman–Crippen MR) is 110 cm³/mol. The van der Waals surface area contributed by atoms with Gasteiger partial charge in [0.2, 0.25) is 0 Å². The highest BCUT2D eigenvalue weighted by Crippen LogP contribution is 2.35. The summed E-state index contributed by atoms with van der Waals surface area (Å²) in [5.41, 5.74) is 2.29. The Morgan fingerprint density at radius 3 is 2.12 bits per heavy atom. The molecule has 0 aliphatic heterocycles. The van der Waals surface area contributed by atoms with E-state index < -0.39 is 8.60 Å². The molecule has 1 unspecified atom stereocenters. The molecule has 2 aromatic rings. The van der Waals surface area contributed by atoms with E-state index in [2.05, 4.69) is 26.0 Å². The lowest BCUT2D eigenvalue weighted by atomic mass is 10.0. The molecule has 2 aromatic carbocycles. The van der Waals surface area contributed by atoms with Crippen LogP contribution in [0.4, 0.5) is 0 Å². The van der Waals surface area contributed by atoms with Crippen LogP contribution in [0.1, 0.15) is 52.4 Å². The Kier molecular flexibility index (Phi) is 9.70. The number of hydrogen-bond donors (Lipinski definition) is 1. The van der Waals surface area contributed by atoms with E-state index >= 15 is 0 Å². The molecule has 142 valence electrons. The first kappa shape index (κ1) is 20.9. The van der Waals surface area contributed by atoms with Gasteiger partial charge in [-0.3, -0.25) is 0 Å². The fourth-order valence-electron chi connectivity index (χ4n) is 2.78. The fourth-order valence-corrected chi connectivity index (χ4v) is 3.42. The Bertz CT molecular complexity index is 599. The normalized spacial score (nSPS) is 12.3. The summed E-state index contributed by atoms with van der Waals surface area (Å²) in [6, 6.07) is 17.9. The second kappa shape index (κ2) is 12.1. The van der Waals surface area contributed by atoms with Crippen molar-refractivity contribution in [1.29, 1.82) is 0 Å². The van der Waals surface area contributed by atoms with E-state index in [0.29, 0.717) is 12.4 Å². The van der Waals surface area contributed by atoms with E-state index in [1.165, 1.54) is 25.7 Å². The molecule has 0 saturated carbocycles. The van der Waals surface area contributed by atoms with Gasteiger partial charge < -0.3 is 13.9 Å². The summed E-state index contributed by atoms with van der Waals surface area (Å²) in [6.07, 6.45) is 7.27. The molecule has 0 saturated heterocycles. The van der Waals surface area contributed by atoms with Gasteiger partial charge in [-0.05, 0) is 35.6 Å². The van der Waals surface area contributed by atoms with Crippen LogP contribution >= 0.6 is 8.60 Å². The Morgan fingerprint density at radius 2 is 1.42 bits per heavy atom. The van der Waals surface area contributed by atoms with E-state index in [1.807, 2.05) is 42.5 Å². The number of hydrogen-bond acceptors (Lipinski definition) is 3. The molecule has 0 spiro atoms. The second-order valence-electron chi connectivity index (χ2n) is 7.00. The quantitative estimate of drug-likeness (QED) is 0.322. The van der Waals surface area contributed by atoms with E-state index in [1.54, 1.807) is 0 Å². The maximum absolute atomic E-state index is 9.91. The van der Waals surface area contributed by atoms with Crippen molar-refractivity contribution in [2.45, 2.75) is 52.4 Å². The molecule has 26 heavy (non-hydrogen) atoms. The van der Waals surface area contributed by atoms with Crippen LogP contribution in [0.25, 0.3) is 11.1 Å². The van der Waals surface area contributed by atoms with Gasteiger partial charge in [-0.25, -0.2) is 0 Å². The topological polar surface area (TPSA) is 38.7 Å². The molecular weight excluding hydrogens is 343 g/mol. The van der Waals surface area contributed by atoms with Crippen LogP contribution in [0.15, 0.2) is 54.6 Å². The standard InChI is InChI=1S/C22H31O3P/c1-19(2)11-7-4-3-5-10-18-24-26(23)25-22-16-14-21(15-17-22)20-12-8-6-9-13-20/h6,8-9,12-17,19,23H,3-5,7,10-11,18H2,1-2H3. The number of unbranched alkanes of at least 4 members (excludes halogenated alkanes) is 4. The maximum Gasteiger partial charge on any atom is 0.394 e. The van der Waals surface area contributed by atoms with Crippen LogP contribution in [0.2, 0.25) is 0 Å². The summed E-state index contributed by atoms with van der Waals surface area (Å²) in [5.74, 6) is 1.43. The van der Waals surface area contributed by atoms with E-state index in [-0.39, 0.29) is 0 Å². The molecule has 0 fully saturated rings. The van der Waals surface area contributed by atoms with E-state index in [4.69, 9.17) is 9.05 Å². The van der Waals surface area contributed by atoms with E-state index in [9.17, 15) is 4.89 Å². The molecule has 2 rings (SSSR count). The Hall–Kier alpha value is -1.41. The fraction of sp³-hybridized carbons (Fsp3) is 0.455. The highest BCUT2D eigenvalue weighted by atomic mass is 31.2. The van der Waals surface area contributed by atoms with Crippen molar-refractivity contribution in [1.82, 2.24) is 0 Å². The van der Waals surface area contributed by atoms with Crippen LogP contribution < -0.4 is 4.52 Å². The van der Waals surface area contributed by atoms with Gasteiger partial charge in [-0.2, -0.15) is 0 Å². The minimum atomic E-state index is -1.86. The average molecular weight is 374 g/mol. The molecule has 0 aromatic heterocycles. The first-order valence-electron chi connectivity index (χ1n) is 9.60. The van der Waals surface area contributed by atoms with Crippen molar-refractivity contribution in [2.24, 2.45) is 5.92 Å². The zero-order chi connectivity index (χ0) is 18.6. The first-order chi connectivity index (χ1) is 12.6. The third kappa shape index (κ3) is 8.31. The van der Waals surface area contributed by atoms with Gasteiger partial charge in [0, 0.05) is 0 Å². The summed E-state index contributed by atoms with van der Waals surface area (Å²) >= 11 is 0. The molecule has 4 heteroatoms. The van der Waals surface area contributed by atoms with Crippen LogP contribution in [0, 0.1) is 5.92 Å². The molecule has 3 nitrogen and oxygen atoms in total. The monoisotopic (exact) mass is 374 g/mol. The van der Waals surface area contributed by atoms with Gasteiger partial charge in [-0.1, -0.05) is 88.4 Å². The van der Waals surface area contributed by atoms with Crippen LogP contribution in [-0.4, -0.2) is 11.5 Å². The number of rotatable bonds is 12. The molecule has 0 amide bonds. The van der Waals surface area contributed by atoms with Crippen molar-refractivity contribution in [3.63, 3.8) is 0 Å². The minimum Gasteiger partial charge on any atom is -0.427 e. The predicted octanol–water partition coefficient (Wildman–Crippen LogP) is 6.96. The third-order valence-electron chi connectivity index (χ3n) is 4.27. The van der Waals surface area contributed by atoms with Gasteiger partial charge in [0.25, 0.3) is 0 Å². The third-order valence-corrected chi connectivity index (χ3v) is 5.04. The molecule has 0 radical (unpaired) electrons. The highest BCUT2D eigenvalue weighted by Gasteiger charge is 2.09. The van der Waals surface area contributed by atoms with Gasteiger partial charge in [0.1, 0.15) is 5.75 Å². The Balaban J connectivity index is 1.60. The van der Waals surface area contributed by atoms with Crippen molar-refractivity contribution >= 4 is 8.60 Å². The molecule has 0 aliphatic carbocycles. The summed E-state index contributed by atoms with van der Waals surface area (Å²) in [6.45, 7) is 5.09. The van der Waals surface area contributed by atoms with Crippen molar-refractivity contribution in [3.05, 3.63) is 54.6 Å². The zero-order valence-electron chi connectivity index (χ0n) is 15.9. The highest BCUT2D eigenvalue weighted by molar-refractivity contribution is 7.41. The SMILES string of the molecule is CC(C)CCCCCCCOP(O)Oc1ccc(-c2ccccc2)cc1. The van der Waals surface area contributed by atoms with Crippen molar-refractivity contribution < 1.29 is 13.9 Å². The summed E-state index contributed by atoms with van der Waals surface area (Å²) < 4.78 is 10.9. The smallest absolute Gasteiger partial charge is 0.394 e. The lowest BCUT2D eigenvalue weighted by Gasteiger charge is -2.12. The van der Waals surface area contributed by atoms with Gasteiger partial charge >= 0.3 is 8.60 Å². The number of benzene rings is 2. The Morgan fingerprint density at radius 1 is 0.808 bits per heavy atom. The van der Waals surface area contributed by atoms with Gasteiger partial charge in [-0.15, -0.1) is 0 Å². The molecule has 0 aliphatic rings. The minimum absolute atomic E-state index is 0.550. The van der Waals surface area contributed by atoms with Crippen LogP contribution in [0.3, 0.4) is 0 Å². The summed E-state index contributed by atoms with van der Waals surface area (Å²) in [4.78, 5) is 9.91. The molecule has 0 heterocycles. The van der Waals surface area contributed by atoms with Crippen LogP contribution in [-0.2, 0) is 4.52 Å². The first-order valence-corrected chi connectivity index (χ1v) is 10.7. The maximum atomic E-state index is 9.91. The molecular formula is C22H31O3P. The lowest BCUT2D eigenvalue weighted by Crippen LogP contribution is -1.95. The largest absolute Gasteiger partial charge is 0.427 e. The average Bonchev–Trinajstić information content (AvgIpc) is 2.65. The molecule has 0 bridgehead atoms. The summed E-state index contributed by atoms with van der Waals surface area (Å²) in [7, 11) is -1.86.